The van der Waals surface area contributed by atoms with E-state index in [2.05, 4.69) is 53.1 Å². The van der Waals surface area contributed by atoms with E-state index in [4.69, 9.17) is 4.74 Å². The highest BCUT2D eigenvalue weighted by Crippen LogP contribution is 2.24. The Bertz CT molecular complexity index is 1150. The van der Waals surface area contributed by atoms with Crippen molar-refractivity contribution in [1.29, 1.82) is 0 Å². The van der Waals surface area contributed by atoms with Crippen molar-refractivity contribution in [2.75, 3.05) is 64.5 Å². The fourth-order valence-electron chi connectivity index (χ4n) is 5.68. The van der Waals surface area contributed by atoms with Gasteiger partial charge in [-0.1, -0.05) is 43.3 Å². The number of likely N-dealkylation sites (tertiary alicyclic amines) is 1. The van der Waals surface area contributed by atoms with Crippen LogP contribution in [0, 0.1) is 5.92 Å². The Balaban J connectivity index is 0.00000164. The van der Waals surface area contributed by atoms with Crippen LogP contribution in [0.4, 0.5) is 10.1 Å². The number of piperidine rings is 1. The molecule has 2 heterocycles. The number of hydrogen-bond acceptors (Lipinski definition) is 4. The van der Waals surface area contributed by atoms with E-state index in [0.29, 0.717) is 7.18 Å². The third-order valence-electron chi connectivity index (χ3n) is 7.63. The van der Waals surface area contributed by atoms with Crippen molar-refractivity contribution in [1.82, 2.24) is 9.80 Å². The first-order valence-corrected chi connectivity index (χ1v) is 14.0. The van der Waals surface area contributed by atoms with Crippen molar-refractivity contribution in [3.63, 3.8) is 0 Å². The van der Waals surface area contributed by atoms with Gasteiger partial charge in [0.15, 0.2) is 0 Å². The van der Waals surface area contributed by atoms with Gasteiger partial charge in [-0.05, 0) is 79.3 Å². The van der Waals surface area contributed by atoms with Crippen molar-refractivity contribution >= 4 is 22.4 Å². The van der Waals surface area contributed by atoms with Crippen LogP contribution in [0.5, 0.6) is 5.75 Å². The average molecular weight is 520 g/mol. The molecule has 5 rings (SSSR count). The monoisotopic (exact) mass is 519 g/mol. The lowest BCUT2D eigenvalue weighted by molar-refractivity contribution is 0.0769. The molecule has 0 aromatic heterocycles. The van der Waals surface area contributed by atoms with Crippen molar-refractivity contribution in [3.8, 4) is 5.75 Å². The SMILES string of the molecule is CC1CCCN(CCCOc2ccc(N3CCCN(C(=O)c4cccc5ccccc45)CC3)cc2)C1.CF. The zero-order chi connectivity index (χ0) is 26.7. The van der Waals surface area contributed by atoms with Gasteiger partial charge in [0.25, 0.3) is 5.91 Å². The van der Waals surface area contributed by atoms with Crippen LogP contribution in [0.3, 0.4) is 0 Å². The number of ether oxygens (including phenoxy) is 1. The molecule has 38 heavy (non-hydrogen) atoms. The maximum absolute atomic E-state index is 13.4. The van der Waals surface area contributed by atoms with Gasteiger partial charge in [-0.3, -0.25) is 9.18 Å². The topological polar surface area (TPSA) is 36.0 Å². The Kier molecular flexibility index (Phi) is 10.4. The van der Waals surface area contributed by atoms with Crippen LogP contribution in [0.15, 0.2) is 66.7 Å². The molecule has 1 atom stereocenters. The lowest BCUT2D eigenvalue weighted by Gasteiger charge is -2.30. The van der Waals surface area contributed by atoms with Crippen LogP contribution < -0.4 is 9.64 Å². The lowest BCUT2D eigenvalue weighted by Crippen LogP contribution is -2.35. The molecule has 0 spiro atoms. The minimum absolute atomic E-state index is 0.136. The quantitative estimate of drug-likeness (QED) is 0.344. The smallest absolute Gasteiger partial charge is 0.254 e. The van der Waals surface area contributed by atoms with E-state index >= 15 is 0 Å². The van der Waals surface area contributed by atoms with Crippen LogP contribution in [-0.4, -0.2) is 75.3 Å². The van der Waals surface area contributed by atoms with Crippen LogP contribution >= 0.6 is 0 Å². The molecule has 0 N–H and O–H groups in total. The van der Waals surface area contributed by atoms with Gasteiger partial charge in [0.2, 0.25) is 0 Å². The standard InChI is InChI=1S/C31H39N3O2.CH3F/c1-25-8-5-17-32(24-25)18-7-23-36-28-15-13-27(14-16-28)33-19-6-20-34(22-21-33)31(35)30-12-4-10-26-9-2-3-11-29(26)30;1-2/h2-4,9-16,25H,5-8,17-24H2,1H3;1H3. The van der Waals surface area contributed by atoms with Crippen LogP contribution in [0.1, 0.15) is 43.0 Å². The number of carbonyl (C=O) groups excluding carboxylic acids is 1. The first-order chi connectivity index (χ1) is 18.7. The Morgan fingerprint density at radius 2 is 1.68 bits per heavy atom. The molecule has 2 aliphatic rings. The molecule has 204 valence electrons. The van der Waals surface area contributed by atoms with E-state index in [1.54, 1.807) is 0 Å². The zero-order valence-electron chi connectivity index (χ0n) is 22.9. The Morgan fingerprint density at radius 1 is 0.895 bits per heavy atom. The molecule has 5 nitrogen and oxygen atoms in total. The van der Waals surface area contributed by atoms with E-state index in [1.165, 1.54) is 31.6 Å². The van der Waals surface area contributed by atoms with Gasteiger partial charge in [-0.2, -0.15) is 0 Å². The predicted molar refractivity (Wildman–Crippen MR) is 155 cm³/mol. The largest absolute Gasteiger partial charge is 0.494 e. The highest BCUT2D eigenvalue weighted by molar-refractivity contribution is 6.07. The first-order valence-electron chi connectivity index (χ1n) is 14.0. The van der Waals surface area contributed by atoms with Crippen molar-refractivity contribution in [3.05, 3.63) is 72.3 Å². The van der Waals surface area contributed by atoms with E-state index in [0.717, 1.165) is 80.2 Å². The van der Waals surface area contributed by atoms with E-state index < -0.39 is 0 Å². The molecule has 1 unspecified atom stereocenters. The van der Waals surface area contributed by atoms with Crippen molar-refractivity contribution in [2.45, 2.75) is 32.6 Å². The minimum atomic E-state index is 0.136. The fourth-order valence-corrected chi connectivity index (χ4v) is 5.68. The molecular weight excluding hydrogens is 477 g/mol. The van der Waals surface area contributed by atoms with E-state index in [9.17, 15) is 9.18 Å². The van der Waals surface area contributed by atoms with Crippen LogP contribution in [-0.2, 0) is 0 Å². The number of carbonyl (C=O) groups is 1. The van der Waals surface area contributed by atoms with Gasteiger partial charge in [0.1, 0.15) is 5.75 Å². The fraction of sp³-hybridized carbons (Fsp3) is 0.469. The van der Waals surface area contributed by atoms with Gasteiger partial charge >= 0.3 is 0 Å². The summed E-state index contributed by atoms with van der Waals surface area (Å²) in [4.78, 5) is 20.4. The maximum Gasteiger partial charge on any atom is 0.254 e. The van der Waals surface area contributed by atoms with Gasteiger partial charge in [0, 0.05) is 50.5 Å². The van der Waals surface area contributed by atoms with Gasteiger partial charge < -0.3 is 19.4 Å². The van der Waals surface area contributed by atoms with Crippen molar-refractivity contribution in [2.24, 2.45) is 5.92 Å². The van der Waals surface area contributed by atoms with Gasteiger partial charge in [-0.15, -0.1) is 0 Å². The third-order valence-corrected chi connectivity index (χ3v) is 7.63. The number of anilines is 1. The summed E-state index contributed by atoms with van der Waals surface area (Å²) in [5.41, 5.74) is 2.00. The molecule has 0 bridgehead atoms. The second-order valence-electron chi connectivity index (χ2n) is 10.4. The average Bonchev–Trinajstić information content (AvgIpc) is 3.23. The van der Waals surface area contributed by atoms with E-state index in [1.807, 2.05) is 35.2 Å². The number of amides is 1. The summed E-state index contributed by atoms with van der Waals surface area (Å²) < 4.78 is 15.5. The Hall–Kier alpha value is -3.12. The summed E-state index contributed by atoms with van der Waals surface area (Å²) in [5, 5.41) is 2.15. The summed E-state index contributed by atoms with van der Waals surface area (Å²) in [6, 6.07) is 22.6. The van der Waals surface area contributed by atoms with Crippen molar-refractivity contribution < 1.29 is 13.9 Å². The maximum atomic E-state index is 13.4. The molecule has 2 fully saturated rings. The molecular formula is C32H42FN3O2. The Labute approximate surface area is 227 Å². The molecule has 6 heteroatoms. The highest BCUT2D eigenvalue weighted by Gasteiger charge is 2.22. The number of halogens is 1. The predicted octanol–water partition coefficient (Wildman–Crippen LogP) is 6.28. The molecule has 2 aliphatic heterocycles. The molecule has 3 aromatic rings. The summed E-state index contributed by atoms with van der Waals surface area (Å²) in [6.07, 6.45) is 4.73. The summed E-state index contributed by atoms with van der Waals surface area (Å²) in [7, 11) is 0.500. The van der Waals surface area contributed by atoms with Crippen LogP contribution in [0.2, 0.25) is 0 Å². The molecule has 3 aromatic carbocycles. The lowest BCUT2D eigenvalue weighted by atomic mass is 10.0. The Morgan fingerprint density at radius 3 is 2.50 bits per heavy atom. The number of hydrogen-bond donors (Lipinski definition) is 0. The second kappa shape index (κ2) is 14.1. The number of alkyl halides is 1. The summed E-state index contributed by atoms with van der Waals surface area (Å²) in [5.74, 6) is 1.90. The first kappa shape index (κ1) is 27.9. The van der Waals surface area contributed by atoms with E-state index in [-0.39, 0.29) is 5.91 Å². The number of nitrogens with zero attached hydrogens (tertiary/aromatic N) is 3. The zero-order valence-corrected chi connectivity index (χ0v) is 22.9. The van der Waals surface area contributed by atoms with Gasteiger partial charge in [-0.25, -0.2) is 0 Å². The highest BCUT2D eigenvalue weighted by atomic mass is 19.1. The minimum Gasteiger partial charge on any atom is -0.494 e. The molecule has 2 saturated heterocycles. The molecule has 0 aliphatic carbocycles. The van der Waals surface area contributed by atoms with Crippen LogP contribution in [0.25, 0.3) is 10.8 Å². The number of fused-ring (bicyclic) bond motifs is 1. The molecule has 1 amide bonds. The second-order valence-corrected chi connectivity index (χ2v) is 10.4. The third kappa shape index (κ3) is 7.25. The number of benzene rings is 3. The normalized spacial score (nSPS) is 18.4. The summed E-state index contributed by atoms with van der Waals surface area (Å²) in [6.45, 7) is 10.0. The summed E-state index contributed by atoms with van der Waals surface area (Å²) >= 11 is 0. The molecule has 0 radical (unpaired) electrons. The number of rotatable bonds is 7. The van der Waals surface area contributed by atoms with Gasteiger partial charge in [0.05, 0.1) is 13.8 Å². The molecule has 0 saturated carbocycles.